The van der Waals surface area contributed by atoms with Gasteiger partial charge in [-0.2, -0.15) is 0 Å². The number of unbranched alkanes of at least 4 members (excludes halogenated alkanes) is 7. The Balaban J connectivity index is 0.622. The van der Waals surface area contributed by atoms with E-state index in [1.165, 1.54) is 36.8 Å². The van der Waals surface area contributed by atoms with Crippen LogP contribution in [0.4, 0.5) is 8.78 Å². The normalized spacial score (nSPS) is 11.6. The summed E-state index contributed by atoms with van der Waals surface area (Å²) in [6, 6.07) is 44.5. The van der Waals surface area contributed by atoms with Crippen molar-refractivity contribution in [3.05, 3.63) is 192 Å². The van der Waals surface area contributed by atoms with Crippen LogP contribution in [0.5, 0.6) is 23.0 Å². The molecule has 0 radical (unpaired) electrons. The third kappa shape index (κ3) is 18.6. The number of halogens is 2. The van der Waals surface area contributed by atoms with Gasteiger partial charge < -0.3 is 38.7 Å². The molecule has 2 N–H and O–H groups in total. The second-order valence-corrected chi connectivity index (χ2v) is 25.5. The van der Waals surface area contributed by atoms with Crippen LogP contribution in [-0.4, -0.2) is 76.6 Å². The topological polar surface area (TPSA) is 173 Å². The summed E-state index contributed by atoms with van der Waals surface area (Å²) in [5.74, 6) is 1.99. The molecule has 18 heteroatoms. The first-order valence-corrected chi connectivity index (χ1v) is 33.0. The summed E-state index contributed by atoms with van der Waals surface area (Å²) in [5, 5.41) is 6.05. The molecule has 86 heavy (non-hydrogen) atoms. The number of rotatable bonds is 33. The quantitative estimate of drug-likeness (QED) is 0.0377. The fraction of sp³-hybridized carbons (Fsp3) is 0.324. The predicted molar refractivity (Wildman–Crippen MR) is 332 cm³/mol. The van der Waals surface area contributed by atoms with Gasteiger partial charge in [-0.25, -0.2) is 25.6 Å². The molecule has 2 aromatic heterocycles. The Hall–Kier alpha value is -8.22. The van der Waals surface area contributed by atoms with Gasteiger partial charge in [0, 0.05) is 72.3 Å². The Bertz CT molecular complexity index is 3470. The van der Waals surface area contributed by atoms with E-state index in [-0.39, 0.29) is 46.5 Å². The van der Waals surface area contributed by atoms with Gasteiger partial charge in [-0.05, 0) is 184 Å². The Kier molecular flexibility index (Phi) is 22.8. The lowest BCUT2D eigenvalue weighted by Crippen LogP contribution is -2.24. The molecule has 0 saturated heterocycles. The number of amides is 2. The molecule has 0 saturated carbocycles. The highest BCUT2D eigenvalue weighted by molar-refractivity contribution is 7.91. The lowest BCUT2D eigenvalue weighted by molar-refractivity contribution is -0.122. The smallest absolute Gasteiger partial charge is 0.220 e. The maximum Gasteiger partial charge on any atom is 0.220 e. The van der Waals surface area contributed by atoms with E-state index in [9.17, 15) is 35.2 Å². The molecule has 0 aliphatic rings. The van der Waals surface area contributed by atoms with E-state index in [4.69, 9.17) is 18.9 Å². The zero-order valence-electron chi connectivity index (χ0n) is 49.3. The van der Waals surface area contributed by atoms with Crippen molar-refractivity contribution in [3.8, 4) is 56.9 Å². The Morgan fingerprint density at radius 1 is 0.419 bits per heavy atom. The molecule has 6 aromatic carbocycles. The highest BCUT2D eigenvalue weighted by atomic mass is 32.2. The molecule has 0 fully saturated rings. The molecule has 0 spiro atoms. The minimum atomic E-state index is -3.36. The fourth-order valence-corrected chi connectivity index (χ4v) is 11.3. The summed E-state index contributed by atoms with van der Waals surface area (Å²) < 4.78 is 104. The molecule has 8 rings (SSSR count). The molecule has 0 unspecified atom stereocenters. The number of hydrogen-bond acceptors (Lipinski definition) is 10. The summed E-state index contributed by atoms with van der Waals surface area (Å²) in [5.41, 5.74) is 8.38. The van der Waals surface area contributed by atoms with Gasteiger partial charge in [-0.1, -0.05) is 62.8 Å². The van der Waals surface area contributed by atoms with E-state index in [0.717, 1.165) is 108 Å². The second-order valence-electron chi connectivity index (χ2n) is 21.4. The molecule has 0 atom stereocenters. The van der Waals surface area contributed by atoms with Crippen molar-refractivity contribution in [1.29, 1.82) is 0 Å². The van der Waals surface area contributed by atoms with Gasteiger partial charge in [-0.3, -0.25) is 9.59 Å². The number of hydrogen-bond donors (Lipinski definition) is 2. The second kappa shape index (κ2) is 30.7. The third-order valence-corrected chi connectivity index (χ3v) is 17.1. The number of benzene rings is 6. The summed E-state index contributed by atoms with van der Waals surface area (Å²) in [6.07, 6.45) is 12.8. The van der Waals surface area contributed by atoms with E-state index in [0.29, 0.717) is 75.0 Å². The standard InChI is InChI=1S/C68H76F2N4O10S2/c1-49-53(45-65(73(49)57-25-21-55(69)22-26-57)51-17-37-63(38-18-51)85(3,77)78)47-83-61-33-29-59(30-34-61)81-43-13-15-67(75)71-41-11-9-7-5-6-8-10-12-42-72-68(76)16-14-44-82-60-31-35-62(36-32-60)84-48-54-46-66(52-19-39-64(40-20-52)86(4,79)80)74(50(54)2)58-27-23-56(70)24-28-58/h17-40,45-46H,5-16,41-44,47-48H2,1-4H3,(H,71,75)(H,72,76). The minimum absolute atomic E-state index is 0.0169. The van der Waals surface area contributed by atoms with Crippen molar-refractivity contribution < 1.29 is 54.2 Å². The lowest BCUT2D eigenvalue weighted by Gasteiger charge is -2.13. The number of sulfone groups is 2. The number of aromatic nitrogens is 2. The average molecular weight is 1210 g/mol. The van der Waals surface area contributed by atoms with Crippen LogP contribution in [-0.2, 0) is 42.5 Å². The molecule has 8 aromatic rings. The Morgan fingerprint density at radius 3 is 1.06 bits per heavy atom. The van der Waals surface area contributed by atoms with Gasteiger partial charge in [0.15, 0.2) is 19.7 Å². The third-order valence-electron chi connectivity index (χ3n) is 14.8. The van der Waals surface area contributed by atoms with E-state index in [2.05, 4.69) is 10.6 Å². The summed E-state index contributed by atoms with van der Waals surface area (Å²) >= 11 is 0. The average Bonchev–Trinajstić information content (AvgIpc) is 2.66. The zero-order chi connectivity index (χ0) is 61.1. The van der Waals surface area contributed by atoms with Gasteiger partial charge in [0.25, 0.3) is 0 Å². The SMILES string of the molecule is Cc1c(COc2ccc(OCCCC(=O)NCCCCCCCCCCNC(=O)CCCOc3ccc(OCc4cc(-c5ccc(S(C)(=O)=O)cc5)n(-c5ccc(F)cc5)c4C)cc3)cc2)cc(-c2ccc(S(C)(=O)=O)cc2)n1-c1ccc(F)cc1. The van der Waals surface area contributed by atoms with E-state index in [1.54, 1.807) is 72.8 Å². The molecular weight excluding hydrogens is 1130 g/mol. The number of nitrogens with one attached hydrogen (secondary N) is 2. The largest absolute Gasteiger partial charge is 0.494 e. The molecule has 14 nitrogen and oxygen atoms in total. The molecule has 0 aliphatic carbocycles. The summed E-state index contributed by atoms with van der Waals surface area (Å²) in [4.78, 5) is 25.4. The first kappa shape index (κ1) is 63.8. The molecule has 2 heterocycles. The minimum Gasteiger partial charge on any atom is -0.494 e. The fourth-order valence-electron chi connectivity index (χ4n) is 10.0. The monoisotopic (exact) mass is 1210 g/mol. The van der Waals surface area contributed by atoms with E-state index in [1.807, 2.05) is 83.6 Å². The van der Waals surface area contributed by atoms with Crippen molar-refractivity contribution in [2.75, 3.05) is 38.8 Å². The summed E-state index contributed by atoms with van der Waals surface area (Å²) in [6.45, 7) is 6.58. The van der Waals surface area contributed by atoms with Crippen LogP contribution in [0.1, 0.15) is 99.6 Å². The van der Waals surface area contributed by atoms with Crippen LogP contribution >= 0.6 is 0 Å². The number of carbonyl (C=O) groups excluding carboxylic acids is 2. The molecule has 0 bridgehead atoms. The van der Waals surface area contributed by atoms with Crippen LogP contribution < -0.4 is 29.6 Å². The Morgan fingerprint density at radius 2 is 0.733 bits per heavy atom. The molecule has 2 amide bonds. The van der Waals surface area contributed by atoms with Crippen molar-refractivity contribution >= 4 is 31.5 Å². The summed E-state index contributed by atoms with van der Waals surface area (Å²) in [7, 11) is -6.72. The van der Waals surface area contributed by atoms with Gasteiger partial charge >= 0.3 is 0 Å². The van der Waals surface area contributed by atoms with Gasteiger partial charge in [0.1, 0.15) is 47.8 Å². The maximum atomic E-state index is 13.9. The van der Waals surface area contributed by atoms with Crippen molar-refractivity contribution in [1.82, 2.24) is 19.8 Å². The molecular formula is C68H76F2N4O10S2. The zero-order valence-corrected chi connectivity index (χ0v) is 50.9. The Labute approximate surface area is 504 Å². The van der Waals surface area contributed by atoms with Gasteiger partial charge in [0.05, 0.1) is 34.4 Å². The van der Waals surface area contributed by atoms with Crippen molar-refractivity contribution in [3.63, 3.8) is 0 Å². The first-order chi connectivity index (χ1) is 41.4. The first-order valence-electron chi connectivity index (χ1n) is 29.2. The maximum absolute atomic E-state index is 13.9. The predicted octanol–water partition coefficient (Wildman–Crippen LogP) is 13.8. The van der Waals surface area contributed by atoms with Crippen LogP contribution in [0.3, 0.4) is 0 Å². The van der Waals surface area contributed by atoms with E-state index < -0.39 is 19.7 Å². The lowest BCUT2D eigenvalue weighted by atomic mass is 10.1. The van der Waals surface area contributed by atoms with Crippen LogP contribution in [0.25, 0.3) is 33.9 Å². The molecule has 0 aliphatic heterocycles. The van der Waals surface area contributed by atoms with E-state index >= 15 is 0 Å². The van der Waals surface area contributed by atoms with Gasteiger partial charge in [-0.15, -0.1) is 0 Å². The van der Waals surface area contributed by atoms with Crippen molar-refractivity contribution in [2.45, 2.75) is 114 Å². The van der Waals surface area contributed by atoms with Crippen LogP contribution in [0, 0.1) is 25.5 Å². The van der Waals surface area contributed by atoms with Crippen LogP contribution in [0.2, 0.25) is 0 Å². The number of nitrogens with zero attached hydrogens (tertiary/aromatic N) is 2. The van der Waals surface area contributed by atoms with Crippen molar-refractivity contribution in [2.24, 2.45) is 0 Å². The van der Waals surface area contributed by atoms with Gasteiger partial charge in [0.2, 0.25) is 11.8 Å². The highest BCUT2D eigenvalue weighted by Gasteiger charge is 2.20. The highest BCUT2D eigenvalue weighted by Crippen LogP contribution is 2.34. The molecule has 454 valence electrons. The number of carbonyl (C=O) groups is 2. The van der Waals surface area contributed by atoms with Crippen LogP contribution in [0.15, 0.2) is 168 Å². The number of ether oxygens (including phenoxy) is 4.